The van der Waals surface area contributed by atoms with Crippen molar-refractivity contribution in [3.05, 3.63) is 29.8 Å². The van der Waals surface area contributed by atoms with Crippen LogP contribution in [0.2, 0.25) is 0 Å². The van der Waals surface area contributed by atoms with Gasteiger partial charge in [-0.3, -0.25) is 0 Å². The van der Waals surface area contributed by atoms with Gasteiger partial charge in [0.05, 0.1) is 0 Å². The molecule has 0 aliphatic heterocycles. The Morgan fingerprint density at radius 2 is 1.71 bits per heavy atom. The lowest BCUT2D eigenvalue weighted by Crippen LogP contribution is -2.05. The Morgan fingerprint density at radius 1 is 1.14 bits per heavy atom. The van der Waals surface area contributed by atoms with Crippen LogP contribution in [0.1, 0.15) is 45.1 Å². The molecule has 2 unspecified atom stereocenters. The van der Waals surface area contributed by atoms with Crippen LogP contribution < -0.4 is 0 Å². The van der Waals surface area contributed by atoms with Crippen molar-refractivity contribution in [3.8, 4) is 5.75 Å². The number of aromatic hydroxyl groups is 1. The van der Waals surface area contributed by atoms with Crippen molar-refractivity contribution in [1.82, 2.24) is 0 Å². The molecule has 1 aromatic rings. The van der Waals surface area contributed by atoms with Crippen LogP contribution in [-0.4, -0.2) is 5.11 Å². The molecule has 1 aromatic carbocycles. The van der Waals surface area contributed by atoms with E-state index in [1.54, 1.807) is 12.1 Å². The highest BCUT2D eigenvalue weighted by Gasteiger charge is 2.12. The van der Waals surface area contributed by atoms with E-state index in [-0.39, 0.29) is 0 Å². The number of hydrogen-bond acceptors (Lipinski definition) is 1. The Bertz CT molecular complexity index is 263. The maximum atomic E-state index is 9.18. The zero-order valence-electron chi connectivity index (χ0n) is 9.33. The van der Waals surface area contributed by atoms with Crippen LogP contribution in [0.3, 0.4) is 0 Å². The zero-order valence-corrected chi connectivity index (χ0v) is 9.33. The highest BCUT2D eigenvalue weighted by Crippen LogP contribution is 2.28. The molecule has 0 saturated heterocycles. The van der Waals surface area contributed by atoms with Gasteiger partial charge in [-0.25, -0.2) is 0 Å². The van der Waals surface area contributed by atoms with Crippen LogP contribution in [0, 0.1) is 5.92 Å². The summed E-state index contributed by atoms with van der Waals surface area (Å²) in [6, 6.07) is 7.58. The average molecular weight is 192 g/mol. The van der Waals surface area contributed by atoms with Gasteiger partial charge >= 0.3 is 0 Å². The Hall–Kier alpha value is -0.980. The maximum Gasteiger partial charge on any atom is 0.115 e. The summed E-state index contributed by atoms with van der Waals surface area (Å²) in [5, 5.41) is 9.18. The van der Waals surface area contributed by atoms with E-state index in [0.29, 0.717) is 17.6 Å². The lowest BCUT2D eigenvalue weighted by atomic mass is 9.86. The number of phenols is 1. The summed E-state index contributed by atoms with van der Waals surface area (Å²) in [6.07, 6.45) is 2.51. The monoisotopic (exact) mass is 192 g/mol. The Labute approximate surface area is 86.8 Å². The number of benzene rings is 1. The van der Waals surface area contributed by atoms with Gasteiger partial charge in [-0.1, -0.05) is 45.7 Å². The van der Waals surface area contributed by atoms with Gasteiger partial charge in [-0.2, -0.15) is 0 Å². The second kappa shape index (κ2) is 5.04. The molecular weight excluding hydrogens is 172 g/mol. The molecule has 0 aliphatic rings. The van der Waals surface area contributed by atoms with Crippen LogP contribution in [0.15, 0.2) is 24.3 Å². The van der Waals surface area contributed by atoms with Crippen molar-refractivity contribution >= 4 is 0 Å². The molecular formula is C13H20O. The summed E-state index contributed by atoms with van der Waals surface area (Å²) in [7, 11) is 0. The molecule has 1 rings (SSSR count). The molecule has 1 heteroatoms. The lowest BCUT2D eigenvalue weighted by Gasteiger charge is -2.19. The summed E-state index contributed by atoms with van der Waals surface area (Å²) >= 11 is 0. The molecule has 0 fully saturated rings. The molecule has 14 heavy (non-hydrogen) atoms. The summed E-state index contributed by atoms with van der Waals surface area (Å²) in [6.45, 7) is 6.77. The fourth-order valence-electron chi connectivity index (χ4n) is 1.81. The van der Waals surface area contributed by atoms with Crippen molar-refractivity contribution in [2.75, 3.05) is 0 Å². The van der Waals surface area contributed by atoms with Crippen LogP contribution in [0.5, 0.6) is 5.75 Å². The Kier molecular flexibility index (Phi) is 3.99. The topological polar surface area (TPSA) is 20.2 Å². The van der Waals surface area contributed by atoms with Gasteiger partial charge in [0.2, 0.25) is 0 Å². The van der Waals surface area contributed by atoms with E-state index in [4.69, 9.17) is 0 Å². The minimum atomic E-state index is 0.351. The first kappa shape index (κ1) is 11.1. The molecule has 0 saturated carbocycles. The van der Waals surface area contributed by atoms with Gasteiger partial charge in [0.1, 0.15) is 5.75 Å². The zero-order chi connectivity index (χ0) is 10.6. The first-order valence-corrected chi connectivity index (χ1v) is 5.44. The van der Waals surface area contributed by atoms with Crippen molar-refractivity contribution in [2.24, 2.45) is 5.92 Å². The molecule has 1 N–H and O–H groups in total. The third kappa shape index (κ3) is 2.76. The van der Waals surface area contributed by atoms with Crippen LogP contribution in [0.25, 0.3) is 0 Å². The van der Waals surface area contributed by atoms with Gasteiger partial charge < -0.3 is 5.11 Å². The molecule has 0 spiro atoms. The fraction of sp³-hybridized carbons (Fsp3) is 0.538. The van der Waals surface area contributed by atoms with Crippen LogP contribution in [0.4, 0.5) is 0 Å². The van der Waals surface area contributed by atoms with Gasteiger partial charge in [-0.15, -0.1) is 0 Å². The van der Waals surface area contributed by atoms with Gasteiger partial charge in [-0.05, 0) is 29.5 Å². The smallest absolute Gasteiger partial charge is 0.115 e. The van der Waals surface area contributed by atoms with E-state index in [0.717, 1.165) is 0 Å². The van der Waals surface area contributed by atoms with Crippen molar-refractivity contribution in [1.29, 1.82) is 0 Å². The fourth-order valence-corrected chi connectivity index (χ4v) is 1.81. The molecule has 0 aliphatic carbocycles. The summed E-state index contributed by atoms with van der Waals surface area (Å²) in [5.74, 6) is 1.64. The normalized spacial score (nSPS) is 15.1. The first-order chi connectivity index (χ1) is 6.65. The third-order valence-electron chi connectivity index (χ3n) is 3.02. The number of hydrogen-bond donors (Lipinski definition) is 1. The van der Waals surface area contributed by atoms with Gasteiger partial charge in [0.25, 0.3) is 0 Å². The summed E-state index contributed by atoms with van der Waals surface area (Å²) < 4.78 is 0. The van der Waals surface area contributed by atoms with Gasteiger partial charge in [0, 0.05) is 0 Å². The molecule has 78 valence electrons. The predicted molar refractivity (Wildman–Crippen MR) is 60.6 cm³/mol. The van der Waals surface area contributed by atoms with Gasteiger partial charge in [0.15, 0.2) is 0 Å². The summed E-state index contributed by atoms with van der Waals surface area (Å²) in [5.41, 5.74) is 1.32. The maximum absolute atomic E-state index is 9.18. The summed E-state index contributed by atoms with van der Waals surface area (Å²) in [4.78, 5) is 0. The quantitative estimate of drug-likeness (QED) is 0.766. The molecule has 0 aromatic heterocycles. The minimum Gasteiger partial charge on any atom is -0.508 e. The SMILES string of the molecule is CCCC(C)C(C)c1ccc(O)cc1. The Morgan fingerprint density at radius 3 is 2.21 bits per heavy atom. The van der Waals surface area contributed by atoms with E-state index in [1.165, 1.54) is 18.4 Å². The van der Waals surface area contributed by atoms with E-state index in [9.17, 15) is 5.11 Å². The van der Waals surface area contributed by atoms with Crippen molar-refractivity contribution < 1.29 is 5.11 Å². The molecule has 2 atom stereocenters. The molecule has 0 bridgehead atoms. The van der Waals surface area contributed by atoms with Crippen molar-refractivity contribution in [3.63, 3.8) is 0 Å². The molecule has 0 radical (unpaired) electrons. The molecule has 1 nitrogen and oxygen atoms in total. The second-order valence-electron chi connectivity index (χ2n) is 4.15. The highest BCUT2D eigenvalue weighted by molar-refractivity contribution is 5.28. The van der Waals surface area contributed by atoms with Crippen molar-refractivity contribution in [2.45, 2.75) is 39.5 Å². The third-order valence-corrected chi connectivity index (χ3v) is 3.02. The molecule has 0 amide bonds. The number of rotatable bonds is 4. The lowest BCUT2D eigenvalue weighted by molar-refractivity contribution is 0.446. The Balaban J connectivity index is 2.68. The highest BCUT2D eigenvalue weighted by atomic mass is 16.3. The van der Waals surface area contributed by atoms with E-state index < -0.39 is 0 Å². The molecule has 0 heterocycles. The average Bonchev–Trinajstić information content (AvgIpc) is 2.18. The van der Waals surface area contributed by atoms with E-state index in [2.05, 4.69) is 20.8 Å². The van der Waals surface area contributed by atoms with E-state index >= 15 is 0 Å². The standard InChI is InChI=1S/C13H20O/c1-4-5-10(2)11(3)12-6-8-13(14)9-7-12/h6-11,14H,4-5H2,1-3H3. The second-order valence-corrected chi connectivity index (χ2v) is 4.15. The predicted octanol–water partition coefficient (Wildman–Crippen LogP) is 3.93. The van der Waals surface area contributed by atoms with Crippen LogP contribution in [-0.2, 0) is 0 Å². The first-order valence-electron chi connectivity index (χ1n) is 5.44. The largest absolute Gasteiger partial charge is 0.508 e. The van der Waals surface area contributed by atoms with Crippen LogP contribution >= 0.6 is 0 Å². The number of phenolic OH excluding ortho intramolecular Hbond substituents is 1. The minimum absolute atomic E-state index is 0.351. The van der Waals surface area contributed by atoms with E-state index in [1.807, 2.05) is 12.1 Å².